The Morgan fingerprint density at radius 1 is 1.22 bits per heavy atom. The second-order valence-corrected chi connectivity index (χ2v) is 6.18. The number of benzene rings is 1. The summed E-state index contributed by atoms with van der Waals surface area (Å²) in [5.41, 5.74) is 4.47. The van der Waals surface area contributed by atoms with Crippen molar-refractivity contribution in [2.24, 2.45) is 5.92 Å². The van der Waals surface area contributed by atoms with Gasteiger partial charge in [-0.3, -0.25) is 0 Å². The number of rotatable bonds is 2. The van der Waals surface area contributed by atoms with Crippen LogP contribution in [0.3, 0.4) is 0 Å². The van der Waals surface area contributed by atoms with E-state index in [-0.39, 0.29) is 5.41 Å². The summed E-state index contributed by atoms with van der Waals surface area (Å²) in [5.74, 6) is 6.92. The fourth-order valence-electron chi connectivity index (χ4n) is 2.29. The van der Waals surface area contributed by atoms with E-state index in [2.05, 4.69) is 71.6 Å². The van der Waals surface area contributed by atoms with Gasteiger partial charge in [0.25, 0.3) is 0 Å². The molecule has 98 valence electrons. The summed E-state index contributed by atoms with van der Waals surface area (Å²) in [6.07, 6.45) is 2.00. The van der Waals surface area contributed by atoms with E-state index in [4.69, 9.17) is 0 Å². The van der Waals surface area contributed by atoms with Gasteiger partial charge in [0.2, 0.25) is 0 Å². The third-order valence-corrected chi connectivity index (χ3v) is 3.18. The van der Waals surface area contributed by atoms with Crippen LogP contribution in [0.4, 0.5) is 0 Å². The maximum Gasteiger partial charge on any atom is 0.0214 e. The van der Waals surface area contributed by atoms with Gasteiger partial charge in [0.1, 0.15) is 0 Å². The molecule has 0 aromatic heterocycles. The van der Waals surface area contributed by atoms with Crippen LogP contribution in [0.25, 0.3) is 0 Å². The average molecular weight is 242 g/mol. The van der Waals surface area contributed by atoms with E-state index in [1.165, 1.54) is 16.7 Å². The Bertz CT molecular complexity index is 449. The molecule has 0 heterocycles. The van der Waals surface area contributed by atoms with Crippen LogP contribution in [0, 0.1) is 24.7 Å². The van der Waals surface area contributed by atoms with Crippen LogP contribution in [-0.4, -0.2) is 0 Å². The minimum atomic E-state index is 0.221. The molecule has 0 saturated heterocycles. The third kappa shape index (κ3) is 4.22. The first-order valence-electron chi connectivity index (χ1n) is 6.93. The second kappa shape index (κ2) is 6.10. The van der Waals surface area contributed by atoms with Gasteiger partial charge in [-0.25, -0.2) is 0 Å². The lowest BCUT2D eigenvalue weighted by atomic mass is 9.82. The van der Waals surface area contributed by atoms with Crippen LogP contribution in [-0.2, 0) is 11.8 Å². The Kier molecular flexibility index (Phi) is 5.03. The van der Waals surface area contributed by atoms with Gasteiger partial charge in [0.05, 0.1) is 0 Å². The highest BCUT2D eigenvalue weighted by molar-refractivity contribution is 5.36. The highest BCUT2D eigenvalue weighted by Crippen LogP contribution is 2.27. The van der Waals surface area contributed by atoms with Gasteiger partial charge in [0.15, 0.2) is 0 Å². The van der Waals surface area contributed by atoms with Crippen LogP contribution in [0.15, 0.2) is 18.2 Å². The number of aryl methyl sites for hydroxylation is 1. The van der Waals surface area contributed by atoms with Gasteiger partial charge in [-0.1, -0.05) is 58.7 Å². The Hall–Kier alpha value is -1.22. The summed E-state index contributed by atoms with van der Waals surface area (Å²) in [6, 6.07) is 6.85. The van der Waals surface area contributed by atoms with Crippen molar-refractivity contribution in [2.45, 2.75) is 59.8 Å². The highest BCUT2D eigenvalue weighted by Gasteiger charge is 2.16. The number of hydrogen-bond acceptors (Lipinski definition) is 0. The summed E-state index contributed by atoms with van der Waals surface area (Å²) >= 11 is 0. The van der Waals surface area contributed by atoms with Crippen LogP contribution >= 0.6 is 0 Å². The van der Waals surface area contributed by atoms with Gasteiger partial charge in [-0.2, -0.15) is 0 Å². The molecule has 0 aliphatic heterocycles. The van der Waals surface area contributed by atoms with Gasteiger partial charge >= 0.3 is 0 Å². The Morgan fingerprint density at radius 3 is 2.44 bits per heavy atom. The molecular formula is C18H26. The standard InChI is InChI=1S/C18H26/c1-7-8-9-14(2)12-16-11-10-15(3)17(13-16)18(4,5)6/h10-11,13-14H,7,12H2,1-6H3. The van der Waals surface area contributed by atoms with Crippen LogP contribution < -0.4 is 0 Å². The largest absolute Gasteiger partial charge is 0.103 e. The lowest BCUT2D eigenvalue weighted by Gasteiger charge is -2.23. The molecule has 18 heavy (non-hydrogen) atoms. The molecule has 0 fully saturated rings. The molecule has 0 heteroatoms. The van der Waals surface area contributed by atoms with Crippen molar-refractivity contribution >= 4 is 0 Å². The molecule has 0 amide bonds. The summed E-state index contributed by atoms with van der Waals surface area (Å²) < 4.78 is 0. The first-order chi connectivity index (χ1) is 8.34. The van der Waals surface area contributed by atoms with Gasteiger partial charge < -0.3 is 0 Å². The van der Waals surface area contributed by atoms with Gasteiger partial charge in [-0.05, 0) is 35.4 Å². The average Bonchev–Trinajstić information content (AvgIpc) is 2.27. The van der Waals surface area contributed by atoms with Crippen molar-refractivity contribution in [3.05, 3.63) is 34.9 Å². The summed E-state index contributed by atoms with van der Waals surface area (Å²) in [7, 11) is 0. The summed E-state index contributed by atoms with van der Waals surface area (Å²) in [4.78, 5) is 0. The molecule has 1 atom stereocenters. The Morgan fingerprint density at radius 2 is 1.89 bits per heavy atom. The van der Waals surface area contributed by atoms with E-state index in [1.54, 1.807) is 0 Å². The summed E-state index contributed by atoms with van der Waals surface area (Å²) in [6.45, 7) is 13.3. The predicted octanol–water partition coefficient (Wildman–Crippen LogP) is 4.88. The smallest absolute Gasteiger partial charge is 0.0214 e. The minimum Gasteiger partial charge on any atom is -0.103 e. The minimum absolute atomic E-state index is 0.221. The van der Waals surface area contributed by atoms with Gasteiger partial charge in [0, 0.05) is 12.3 Å². The monoisotopic (exact) mass is 242 g/mol. The van der Waals surface area contributed by atoms with Crippen molar-refractivity contribution in [1.82, 2.24) is 0 Å². The fraction of sp³-hybridized carbons (Fsp3) is 0.556. The van der Waals surface area contributed by atoms with E-state index in [9.17, 15) is 0 Å². The molecule has 0 spiro atoms. The van der Waals surface area contributed by atoms with E-state index in [1.807, 2.05) is 0 Å². The predicted molar refractivity (Wildman–Crippen MR) is 80.8 cm³/mol. The molecular weight excluding hydrogens is 216 g/mol. The fourth-order valence-corrected chi connectivity index (χ4v) is 2.29. The summed E-state index contributed by atoms with van der Waals surface area (Å²) in [5, 5.41) is 0. The van der Waals surface area contributed by atoms with Crippen LogP contribution in [0.1, 0.15) is 57.7 Å². The Labute approximate surface area is 113 Å². The van der Waals surface area contributed by atoms with Gasteiger partial charge in [-0.15, -0.1) is 5.92 Å². The molecule has 1 unspecified atom stereocenters. The molecule has 0 radical (unpaired) electrons. The lowest BCUT2D eigenvalue weighted by molar-refractivity contribution is 0.584. The van der Waals surface area contributed by atoms with E-state index < -0.39 is 0 Å². The molecule has 0 saturated carbocycles. The second-order valence-electron chi connectivity index (χ2n) is 6.18. The van der Waals surface area contributed by atoms with Crippen LogP contribution in [0.2, 0.25) is 0 Å². The normalized spacial score (nSPS) is 12.8. The molecule has 0 N–H and O–H groups in total. The molecule has 0 nitrogen and oxygen atoms in total. The van der Waals surface area contributed by atoms with Crippen molar-refractivity contribution in [2.75, 3.05) is 0 Å². The zero-order valence-electron chi connectivity index (χ0n) is 12.7. The molecule has 0 aliphatic rings. The van der Waals surface area contributed by atoms with E-state index in [0.717, 1.165) is 12.8 Å². The lowest BCUT2D eigenvalue weighted by Crippen LogP contribution is -2.13. The van der Waals surface area contributed by atoms with Crippen molar-refractivity contribution in [3.8, 4) is 11.8 Å². The van der Waals surface area contributed by atoms with Crippen molar-refractivity contribution in [1.29, 1.82) is 0 Å². The molecule has 0 bridgehead atoms. The first kappa shape index (κ1) is 14.8. The van der Waals surface area contributed by atoms with Crippen molar-refractivity contribution in [3.63, 3.8) is 0 Å². The zero-order chi connectivity index (χ0) is 13.8. The zero-order valence-corrected chi connectivity index (χ0v) is 12.7. The quantitative estimate of drug-likeness (QED) is 0.648. The SMILES string of the molecule is CCC#CC(C)Cc1ccc(C)c(C(C)(C)C)c1. The molecule has 1 rings (SSSR count). The molecule has 1 aromatic rings. The number of hydrogen-bond donors (Lipinski definition) is 0. The van der Waals surface area contributed by atoms with E-state index in [0.29, 0.717) is 5.92 Å². The third-order valence-electron chi connectivity index (χ3n) is 3.18. The molecule has 0 aliphatic carbocycles. The van der Waals surface area contributed by atoms with Crippen molar-refractivity contribution < 1.29 is 0 Å². The maximum atomic E-state index is 3.30. The topological polar surface area (TPSA) is 0 Å². The highest BCUT2D eigenvalue weighted by atomic mass is 14.2. The van der Waals surface area contributed by atoms with E-state index >= 15 is 0 Å². The van der Waals surface area contributed by atoms with Crippen LogP contribution in [0.5, 0.6) is 0 Å². The maximum absolute atomic E-state index is 3.30. The molecule has 1 aromatic carbocycles. The Balaban J connectivity index is 2.92. The first-order valence-corrected chi connectivity index (χ1v) is 6.93.